The van der Waals surface area contributed by atoms with Gasteiger partial charge in [-0.15, -0.1) is 0 Å². The average Bonchev–Trinajstić information content (AvgIpc) is 3.31. The highest BCUT2D eigenvalue weighted by Crippen LogP contribution is 2.50. The molecule has 1 fully saturated rings. The van der Waals surface area contributed by atoms with Crippen LogP contribution in [0.1, 0.15) is 58.1 Å². The normalized spacial score (nSPS) is 16.6. The lowest BCUT2D eigenvalue weighted by Crippen LogP contribution is -2.34. The third-order valence-electron chi connectivity index (χ3n) is 5.60. The average molecular weight is 420 g/mol. The molecule has 31 heavy (non-hydrogen) atoms. The number of ether oxygens (including phenoxy) is 2. The molecule has 1 aliphatic heterocycles. The zero-order chi connectivity index (χ0) is 22.3. The van der Waals surface area contributed by atoms with Crippen molar-refractivity contribution >= 4 is 5.91 Å². The number of allylic oxidation sites excluding steroid dienone is 3. The molecule has 4 nitrogen and oxygen atoms in total. The number of rotatable bonds is 5. The Bertz CT molecular complexity index is 956. The Hall–Kier alpha value is -3.01. The van der Waals surface area contributed by atoms with E-state index in [-0.39, 0.29) is 12.7 Å². The number of hydrogen-bond donors (Lipinski definition) is 1. The molecule has 0 bridgehead atoms. The largest absolute Gasteiger partial charge is 0.454 e. The van der Waals surface area contributed by atoms with Crippen molar-refractivity contribution in [1.82, 2.24) is 5.32 Å². The van der Waals surface area contributed by atoms with Gasteiger partial charge in [-0.1, -0.05) is 75.7 Å². The molecule has 1 heterocycles. The van der Waals surface area contributed by atoms with Gasteiger partial charge in [-0.25, -0.2) is 0 Å². The number of amides is 1. The Morgan fingerprint density at radius 2 is 1.65 bits per heavy atom. The molecule has 1 N–H and O–H groups in total. The lowest BCUT2D eigenvalue weighted by Gasteiger charge is -2.17. The maximum Gasteiger partial charge on any atom is 0.234 e. The first kappa shape index (κ1) is 22.7. The summed E-state index contributed by atoms with van der Waals surface area (Å²) >= 11 is 0. The molecule has 4 heteroatoms. The maximum absolute atomic E-state index is 13.0. The van der Waals surface area contributed by atoms with E-state index in [1.807, 2.05) is 58.0 Å². The fraction of sp³-hybridized carbons (Fsp3) is 0.370. The minimum absolute atomic E-state index is 0.0852. The van der Waals surface area contributed by atoms with Crippen molar-refractivity contribution in [3.8, 4) is 11.5 Å². The Morgan fingerprint density at radius 1 is 0.935 bits per heavy atom. The van der Waals surface area contributed by atoms with E-state index in [1.54, 1.807) is 0 Å². The van der Waals surface area contributed by atoms with Crippen LogP contribution >= 0.6 is 0 Å². The first-order valence-electron chi connectivity index (χ1n) is 11.4. The van der Waals surface area contributed by atoms with Crippen molar-refractivity contribution in [3.63, 3.8) is 0 Å². The molecular formula is C27H33NO3. The summed E-state index contributed by atoms with van der Waals surface area (Å²) in [5, 5.41) is 3.16. The van der Waals surface area contributed by atoms with Crippen LogP contribution in [0.3, 0.4) is 0 Å². The van der Waals surface area contributed by atoms with Gasteiger partial charge in [0, 0.05) is 12.1 Å². The second-order valence-electron chi connectivity index (χ2n) is 7.46. The quantitative estimate of drug-likeness (QED) is 0.640. The molecule has 0 spiro atoms. The van der Waals surface area contributed by atoms with E-state index in [2.05, 4.69) is 35.7 Å². The number of fused-ring (bicyclic) bond motifs is 1. The van der Waals surface area contributed by atoms with Crippen LogP contribution in [0.4, 0.5) is 0 Å². The first-order chi connectivity index (χ1) is 15.2. The number of benzene rings is 2. The molecule has 5 rings (SSSR count). The van der Waals surface area contributed by atoms with Crippen molar-refractivity contribution in [2.75, 3.05) is 6.79 Å². The summed E-state index contributed by atoms with van der Waals surface area (Å²) in [5.41, 5.74) is 4.19. The third-order valence-corrected chi connectivity index (χ3v) is 5.60. The summed E-state index contributed by atoms with van der Waals surface area (Å²) in [6, 6.07) is 16.3. The predicted octanol–water partition coefficient (Wildman–Crippen LogP) is 6.07. The summed E-state index contributed by atoms with van der Waals surface area (Å²) in [7, 11) is 0. The summed E-state index contributed by atoms with van der Waals surface area (Å²) in [6.45, 7) is 8.25. The smallest absolute Gasteiger partial charge is 0.234 e. The van der Waals surface area contributed by atoms with Crippen molar-refractivity contribution in [3.05, 3.63) is 83.1 Å². The van der Waals surface area contributed by atoms with Crippen LogP contribution in [0.25, 0.3) is 0 Å². The van der Waals surface area contributed by atoms with Gasteiger partial charge in [0.25, 0.3) is 0 Å². The predicted molar refractivity (Wildman–Crippen MR) is 125 cm³/mol. The monoisotopic (exact) mass is 419 g/mol. The van der Waals surface area contributed by atoms with Crippen molar-refractivity contribution in [1.29, 1.82) is 0 Å². The van der Waals surface area contributed by atoms with Gasteiger partial charge in [0.1, 0.15) is 0 Å². The van der Waals surface area contributed by atoms with E-state index >= 15 is 0 Å². The van der Waals surface area contributed by atoms with E-state index in [0.717, 1.165) is 48.4 Å². The Kier molecular flexibility index (Phi) is 7.56. The number of carbonyl (C=O) groups is 1. The lowest BCUT2D eigenvalue weighted by molar-refractivity contribution is -0.122. The Balaban J connectivity index is 0.000000645. The van der Waals surface area contributed by atoms with Gasteiger partial charge < -0.3 is 14.8 Å². The molecule has 2 aromatic carbocycles. The van der Waals surface area contributed by atoms with Gasteiger partial charge in [-0.3, -0.25) is 4.79 Å². The van der Waals surface area contributed by atoms with Gasteiger partial charge in [0.15, 0.2) is 11.5 Å². The van der Waals surface area contributed by atoms with Crippen molar-refractivity contribution < 1.29 is 14.3 Å². The van der Waals surface area contributed by atoms with Crippen molar-refractivity contribution in [2.45, 2.75) is 58.8 Å². The van der Waals surface area contributed by atoms with E-state index in [9.17, 15) is 4.79 Å². The Labute approximate surface area is 186 Å². The van der Waals surface area contributed by atoms with Crippen LogP contribution in [-0.4, -0.2) is 12.7 Å². The summed E-state index contributed by atoms with van der Waals surface area (Å²) < 4.78 is 10.8. The molecule has 0 aromatic heterocycles. The summed E-state index contributed by atoms with van der Waals surface area (Å²) in [6.07, 6.45) is 7.63. The summed E-state index contributed by atoms with van der Waals surface area (Å²) in [4.78, 5) is 13.0. The number of carbonyl (C=O) groups excluding carboxylic acids is 1. The molecule has 0 saturated heterocycles. The molecule has 3 aliphatic rings. The van der Waals surface area contributed by atoms with E-state index in [1.165, 1.54) is 11.1 Å². The maximum atomic E-state index is 13.0. The molecule has 0 unspecified atom stereocenters. The summed E-state index contributed by atoms with van der Waals surface area (Å²) in [5.74, 6) is 1.57. The zero-order valence-electron chi connectivity index (χ0n) is 19.0. The molecule has 164 valence electrons. The SMILES string of the molecule is CC.CC.O=C(NC1=CC=C(Cc2ccccc2)C1)C1(c2ccc3c(c2)OCO3)CC1. The molecule has 0 radical (unpaired) electrons. The van der Waals surface area contributed by atoms with Gasteiger partial charge in [0.2, 0.25) is 12.7 Å². The van der Waals surface area contributed by atoms with Crippen LogP contribution in [0.2, 0.25) is 0 Å². The standard InChI is InChI=1S/C23H21NO3.2C2H6/c25-22(23(10-11-23)18-7-9-20-21(14-18)27-15-26-20)24-19-8-6-17(13-19)12-16-4-2-1-3-5-16;2*1-2/h1-9,14H,10-13,15H2,(H,24,25);2*1-2H3. The van der Waals surface area contributed by atoms with Crippen LogP contribution in [0, 0.1) is 0 Å². The second kappa shape index (κ2) is 10.3. The molecule has 1 amide bonds. The van der Waals surface area contributed by atoms with Crippen LogP contribution in [0.5, 0.6) is 11.5 Å². The highest BCUT2D eigenvalue weighted by atomic mass is 16.7. The van der Waals surface area contributed by atoms with Crippen molar-refractivity contribution in [2.24, 2.45) is 0 Å². The van der Waals surface area contributed by atoms with Gasteiger partial charge in [-0.05, 0) is 48.6 Å². The fourth-order valence-electron chi connectivity index (χ4n) is 3.88. The van der Waals surface area contributed by atoms with E-state index in [0.29, 0.717) is 0 Å². The minimum atomic E-state index is -0.427. The Morgan fingerprint density at radius 3 is 2.35 bits per heavy atom. The highest BCUT2D eigenvalue weighted by molar-refractivity contribution is 5.92. The number of hydrogen-bond acceptors (Lipinski definition) is 3. The molecule has 2 aromatic rings. The van der Waals surface area contributed by atoms with Crippen LogP contribution in [0.15, 0.2) is 72.0 Å². The zero-order valence-corrected chi connectivity index (χ0v) is 19.0. The molecule has 1 saturated carbocycles. The minimum Gasteiger partial charge on any atom is -0.454 e. The topological polar surface area (TPSA) is 47.6 Å². The van der Waals surface area contributed by atoms with Gasteiger partial charge in [0.05, 0.1) is 5.41 Å². The number of nitrogens with one attached hydrogen (secondary N) is 1. The third kappa shape index (κ3) is 5.01. The lowest BCUT2D eigenvalue weighted by atomic mass is 9.94. The second-order valence-corrected chi connectivity index (χ2v) is 7.46. The first-order valence-corrected chi connectivity index (χ1v) is 11.4. The fourth-order valence-corrected chi connectivity index (χ4v) is 3.88. The van der Waals surface area contributed by atoms with E-state index in [4.69, 9.17) is 9.47 Å². The van der Waals surface area contributed by atoms with E-state index < -0.39 is 5.41 Å². The van der Waals surface area contributed by atoms with Gasteiger partial charge >= 0.3 is 0 Å². The van der Waals surface area contributed by atoms with Crippen LogP contribution in [-0.2, 0) is 16.6 Å². The molecule has 2 aliphatic carbocycles. The highest BCUT2D eigenvalue weighted by Gasteiger charge is 2.51. The molecule has 0 atom stereocenters. The van der Waals surface area contributed by atoms with Gasteiger partial charge in [-0.2, -0.15) is 0 Å². The molecular weight excluding hydrogens is 386 g/mol. The van der Waals surface area contributed by atoms with Crippen LogP contribution < -0.4 is 14.8 Å².